The van der Waals surface area contributed by atoms with Gasteiger partial charge in [-0.05, 0) is 24.3 Å². The van der Waals surface area contributed by atoms with Crippen LogP contribution in [0.25, 0.3) is 0 Å². The monoisotopic (exact) mass is 254 g/mol. The van der Waals surface area contributed by atoms with Crippen LogP contribution in [0.4, 0.5) is 0 Å². The SMILES string of the molecule is CSc1ccccc1CCNC(=O)C(N)CO. The van der Waals surface area contributed by atoms with E-state index in [4.69, 9.17) is 10.8 Å². The Labute approximate surface area is 106 Å². The third-order valence-corrected chi connectivity index (χ3v) is 3.26. The summed E-state index contributed by atoms with van der Waals surface area (Å²) in [5.41, 5.74) is 6.59. The topological polar surface area (TPSA) is 75.4 Å². The summed E-state index contributed by atoms with van der Waals surface area (Å²) in [7, 11) is 0. The summed E-state index contributed by atoms with van der Waals surface area (Å²) in [5.74, 6) is -0.311. The number of carbonyl (C=O) groups is 1. The number of aliphatic hydroxyl groups is 1. The van der Waals surface area contributed by atoms with Crippen molar-refractivity contribution in [1.29, 1.82) is 0 Å². The molecule has 1 amide bonds. The Morgan fingerprint density at radius 1 is 1.53 bits per heavy atom. The molecule has 1 aromatic rings. The molecule has 0 radical (unpaired) electrons. The summed E-state index contributed by atoms with van der Waals surface area (Å²) in [6.45, 7) is 0.206. The summed E-state index contributed by atoms with van der Waals surface area (Å²) in [6, 6.07) is 7.25. The van der Waals surface area contributed by atoms with E-state index in [1.165, 1.54) is 10.5 Å². The third kappa shape index (κ3) is 4.38. The standard InChI is InChI=1S/C12H18N2O2S/c1-17-11-5-3-2-4-9(11)6-7-14-12(16)10(13)8-15/h2-5,10,15H,6-8,13H2,1H3,(H,14,16). The Balaban J connectivity index is 2.43. The zero-order chi connectivity index (χ0) is 12.7. The van der Waals surface area contributed by atoms with Gasteiger partial charge in [0, 0.05) is 11.4 Å². The van der Waals surface area contributed by atoms with Crippen LogP contribution in [0.2, 0.25) is 0 Å². The van der Waals surface area contributed by atoms with Crippen molar-refractivity contribution >= 4 is 17.7 Å². The second kappa shape index (κ2) is 7.32. The number of hydrogen-bond acceptors (Lipinski definition) is 4. The number of rotatable bonds is 6. The van der Waals surface area contributed by atoms with E-state index in [0.29, 0.717) is 6.54 Å². The molecule has 0 heterocycles. The van der Waals surface area contributed by atoms with Gasteiger partial charge in [0.05, 0.1) is 6.61 Å². The molecule has 1 aromatic carbocycles. The molecule has 0 aromatic heterocycles. The van der Waals surface area contributed by atoms with Gasteiger partial charge in [-0.2, -0.15) is 0 Å². The van der Waals surface area contributed by atoms with E-state index in [1.807, 2.05) is 24.5 Å². The first-order valence-electron chi connectivity index (χ1n) is 5.45. The Morgan fingerprint density at radius 2 is 2.24 bits per heavy atom. The smallest absolute Gasteiger partial charge is 0.239 e. The summed E-state index contributed by atoms with van der Waals surface area (Å²) < 4.78 is 0. The summed E-state index contributed by atoms with van der Waals surface area (Å²) in [5, 5.41) is 11.4. The van der Waals surface area contributed by atoms with E-state index in [2.05, 4.69) is 11.4 Å². The highest BCUT2D eigenvalue weighted by atomic mass is 32.2. The van der Waals surface area contributed by atoms with Gasteiger partial charge in [-0.15, -0.1) is 11.8 Å². The lowest BCUT2D eigenvalue weighted by Gasteiger charge is -2.10. The van der Waals surface area contributed by atoms with Crippen molar-refractivity contribution in [2.24, 2.45) is 5.73 Å². The van der Waals surface area contributed by atoms with E-state index in [-0.39, 0.29) is 12.5 Å². The minimum absolute atomic E-state index is 0.311. The fourth-order valence-electron chi connectivity index (χ4n) is 1.44. The summed E-state index contributed by atoms with van der Waals surface area (Å²) in [4.78, 5) is 12.5. The highest BCUT2D eigenvalue weighted by molar-refractivity contribution is 7.98. The van der Waals surface area contributed by atoms with Crippen LogP contribution >= 0.6 is 11.8 Å². The van der Waals surface area contributed by atoms with Crippen molar-refractivity contribution in [3.8, 4) is 0 Å². The highest BCUT2D eigenvalue weighted by Gasteiger charge is 2.10. The van der Waals surface area contributed by atoms with Crippen LogP contribution in [-0.4, -0.2) is 36.5 Å². The molecule has 4 N–H and O–H groups in total. The Morgan fingerprint density at radius 3 is 2.88 bits per heavy atom. The normalized spacial score (nSPS) is 12.2. The lowest BCUT2D eigenvalue weighted by molar-refractivity contribution is -0.123. The first kappa shape index (κ1) is 14.0. The van der Waals surface area contributed by atoms with Crippen LogP contribution in [-0.2, 0) is 11.2 Å². The molecule has 0 aliphatic rings. The van der Waals surface area contributed by atoms with Gasteiger partial charge in [0.1, 0.15) is 6.04 Å². The Hall–Kier alpha value is -1.04. The van der Waals surface area contributed by atoms with Crippen LogP contribution in [0.3, 0.4) is 0 Å². The number of nitrogens with two attached hydrogens (primary N) is 1. The van der Waals surface area contributed by atoms with Crippen molar-refractivity contribution in [1.82, 2.24) is 5.32 Å². The number of carbonyl (C=O) groups excluding carboxylic acids is 1. The average molecular weight is 254 g/mol. The number of benzene rings is 1. The molecule has 0 aliphatic carbocycles. The second-order valence-electron chi connectivity index (χ2n) is 3.64. The van der Waals surface area contributed by atoms with Crippen molar-refractivity contribution < 1.29 is 9.90 Å². The molecule has 1 unspecified atom stereocenters. The number of aliphatic hydroxyl groups excluding tert-OH is 1. The first-order valence-corrected chi connectivity index (χ1v) is 6.67. The molecule has 17 heavy (non-hydrogen) atoms. The number of hydrogen-bond donors (Lipinski definition) is 3. The number of thioether (sulfide) groups is 1. The maximum absolute atomic E-state index is 11.3. The molecular weight excluding hydrogens is 236 g/mol. The molecule has 4 nitrogen and oxygen atoms in total. The largest absolute Gasteiger partial charge is 0.394 e. The zero-order valence-electron chi connectivity index (χ0n) is 9.85. The van der Waals surface area contributed by atoms with E-state index in [0.717, 1.165) is 6.42 Å². The maximum Gasteiger partial charge on any atom is 0.239 e. The van der Waals surface area contributed by atoms with Crippen LogP contribution in [0.1, 0.15) is 5.56 Å². The molecular formula is C12H18N2O2S. The van der Waals surface area contributed by atoms with Gasteiger partial charge in [0.25, 0.3) is 0 Å². The minimum Gasteiger partial charge on any atom is -0.394 e. The van der Waals surface area contributed by atoms with Crippen LogP contribution < -0.4 is 11.1 Å². The molecule has 0 saturated carbocycles. The van der Waals surface area contributed by atoms with Crippen molar-refractivity contribution in [2.45, 2.75) is 17.4 Å². The van der Waals surface area contributed by atoms with Crippen LogP contribution in [0.5, 0.6) is 0 Å². The van der Waals surface area contributed by atoms with E-state index in [9.17, 15) is 4.79 Å². The van der Waals surface area contributed by atoms with Gasteiger partial charge in [0.15, 0.2) is 0 Å². The van der Waals surface area contributed by atoms with E-state index < -0.39 is 6.04 Å². The molecule has 0 spiro atoms. The van der Waals surface area contributed by atoms with Crippen LogP contribution in [0.15, 0.2) is 29.2 Å². The molecule has 94 valence electrons. The fraction of sp³-hybridized carbons (Fsp3) is 0.417. The van der Waals surface area contributed by atoms with Crippen molar-refractivity contribution in [2.75, 3.05) is 19.4 Å². The highest BCUT2D eigenvalue weighted by Crippen LogP contribution is 2.19. The Bertz CT molecular complexity index is 371. The number of nitrogens with one attached hydrogen (secondary N) is 1. The van der Waals surface area contributed by atoms with Gasteiger partial charge in [0.2, 0.25) is 5.91 Å². The molecule has 5 heteroatoms. The van der Waals surface area contributed by atoms with Gasteiger partial charge in [-0.25, -0.2) is 0 Å². The lowest BCUT2D eigenvalue weighted by Crippen LogP contribution is -2.43. The molecule has 1 atom stereocenters. The van der Waals surface area contributed by atoms with Gasteiger partial charge in [-0.1, -0.05) is 18.2 Å². The van der Waals surface area contributed by atoms with E-state index in [1.54, 1.807) is 11.8 Å². The predicted octanol–water partition coefficient (Wildman–Crippen LogP) is 0.387. The average Bonchev–Trinajstić information content (AvgIpc) is 2.38. The molecule has 0 saturated heterocycles. The summed E-state index contributed by atoms with van der Waals surface area (Å²) in [6.07, 6.45) is 2.79. The molecule has 0 fully saturated rings. The van der Waals surface area contributed by atoms with Gasteiger partial charge < -0.3 is 16.2 Å². The molecule has 1 rings (SSSR count). The zero-order valence-corrected chi connectivity index (χ0v) is 10.7. The van der Waals surface area contributed by atoms with Crippen molar-refractivity contribution in [3.05, 3.63) is 29.8 Å². The molecule has 0 aliphatic heterocycles. The quantitative estimate of drug-likeness (QED) is 0.642. The minimum atomic E-state index is -0.828. The fourth-order valence-corrected chi connectivity index (χ4v) is 2.09. The second-order valence-corrected chi connectivity index (χ2v) is 4.49. The third-order valence-electron chi connectivity index (χ3n) is 2.42. The number of amides is 1. The van der Waals surface area contributed by atoms with Gasteiger partial charge in [-0.3, -0.25) is 4.79 Å². The van der Waals surface area contributed by atoms with E-state index >= 15 is 0 Å². The van der Waals surface area contributed by atoms with Gasteiger partial charge >= 0.3 is 0 Å². The van der Waals surface area contributed by atoms with Crippen molar-refractivity contribution in [3.63, 3.8) is 0 Å². The molecule has 0 bridgehead atoms. The summed E-state index contributed by atoms with van der Waals surface area (Å²) >= 11 is 1.69. The Kier molecular flexibility index (Phi) is 6.04. The first-order chi connectivity index (χ1) is 8.19. The maximum atomic E-state index is 11.3. The lowest BCUT2D eigenvalue weighted by atomic mass is 10.1. The van der Waals surface area contributed by atoms with Crippen LogP contribution in [0, 0.1) is 0 Å². The predicted molar refractivity (Wildman–Crippen MR) is 70.0 cm³/mol.